The molecule has 2 rings (SSSR count). The van der Waals surface area contributed by atoms with Gasteiger partial charge in [0.15, 0.2) is 0 Å². The predicted octanol–water partition coefficient (Wildman–Crippen LogP) is 1.91. The van der Waals surface area contributed by atoms with Gasteiger partial charge in [-0.2, -0.15) is 0 Å². The molecule has 19 heavy (non-hydrogen) atoms. The third kappa shape index (κ3) is 3.34. The van der Waals surface area contributed by atoms with Crippen molar-refractivity contribution in [3.05, 3.63) is 35.4 Å². The number of benzene rings is 1. The van der Waals surface area contributed by atoms with E-state index in [0.717, 1.165) is 5.56 Å². The minimum atomic E-state index is -0.221. The minimum Gasteiger partial charge on any atom is -0.469 e. The van der Waals surface area contributed by atoms with Crippen molar-refractivity contribution in [3.63, 3.8) is 0 Å². The lowest BCUT2D eigenvalue weighted by molar-refractivity contribution is -0.150. The van der Waals surface area contributed by atoms with E-state index in [1.165, 1.54) is 12.7 Å². The fourth-order valence-electron chi connectivity index (χ4n) is 2.46. The molecule has 0 spiro atoms. The predicted molar refractivity (Wildman–Crippen MR) is 71.3 cm³/mol. The maximum Gasteiger partial charge on any atom is 0.310 e. The molecule has 1 atom stereocenters. The van der Waals surface area contributed by atoms with E-state index in [9.17, 15) is 9.59 Å². The molecule has 1 aliphatic heterocycles. The summed E-state index contributed by atoms with van der Waals surface area (Å²) in [6.45, 7) is 3.05. The Morgan fingerprint density at radius 1 is 1.47 bits per heavy atom. The summed E-state index contributed by atoms with van der Waals surface area (Å²) < 4.78 is 4.77. The molecule has 1 saturated heterocycles. The monoisotopic (exact) mass is 261 g/mol. The summed E-state index contributed by atoms with van der Waals surface area (Å²) in [6, 6.07) is 8.08. The standard InChI is InChI=1S/C15H19NO3/c1-11-4-3-5-12(8-11)9-16-10-13(15(18)19-2)6-7-14(16)17/h3-5,8,13H,6-7,9-10H2,1-2H3. The van der Waals surface area contributed by atoms with Crippen LogP contribution in [-0.2, 0) is 20.9 Å². The summed E-state index contributed by atoms with van der Waals surface area (Å²) in [7, 11) is 1.39. The number of ether oxygens (including phenoxy) is 1. The maximum absolute atomic E-state index is 11.9. The van der Waals surface area contributed by atoms with Crippen LogP contribution in [-0.4, -0.2) is 30.4 Å². The first-order valence-corrected chi connectivity index (χ1v) is 6.51. The lowest BCUT2D eigenvalue weighted by Gasteiger charge is -2.31. The van der Waals surface area contributed by atoms with Crippen molar-refractivity contribution in [3.8, 4) is 0 Å². The van der Waals surface area contributed by atoms with E-state index in [-0.39, 0.29) is 17.8 Å². The molecular formula is C15H19NO3. The SMILES string of the molecule is COC(=O)C1CCC(=O)N(Cc2cccc(C)c2)C1. The van der Waals surface area contributed by atoms with Gasteiger partial charge in [-0.1, -0.05) is 29.8 Å². The number of rotatable bonds is 3. The molecule has 0 N–H and O–H groups in total. The number of carbonyl (C=O) groups excluding carboxylic acids is 2. The van der Waals surface area contributed by atoms with Gasteiger partial charge in [0.2, 0.25) is 5.91 Å². The highest BCUT2D eigenvalue weighted by Gasteiger charge is 2.30. The van der Waals surface area contributed by atoms with E-state index >= 15 is 0 Å². The average molecular weight is 261 g/mol. The summed E-state index contributed by atoms with van der Waals surface area (Å²) in [5, 5.41) is 0. The van der Waals surface area contributed by atoms with Crippen molar-refractivity contribution >= 4 is 11.9 Å². The van der Waals surface area contributed by atoms with Gasteiger partial charge in [-0.05, 0) is 18.9 Å². The smallest absolute Gasteiger partial charge is 0.310 e. The fourth-order valence-corrected chi connectivity index (χ4v) is 2.46. The van der Waals surface area contributed by atoms with Crippen LogP contribution in [0.25, 0.3) is 0 Å². The summed E-state index contributed by atoms with van der Waals surface area (Å²) in [4.78, 5) is 25.2. The van der Waals surface area contributed by atoms with Crippen LogP contribution in [0.1, 0.15) is 24.0 Å². The molecule has 0 radical (unpaired) electrons. The van der Waals surface area contributed by atoms with Crippen LogP contribution in [0.2, 0.25) is 0 Å². The Hall–Kier alpha value is -1.84. The number of amides is 1. The van der Waals surface area contributed by atoms with Crippen LogP contribution in [0.3, 0.4) is 0 Å². The van der Waals surface area contributed by atoms with Gasteiger partial charge in [-0.15, -0.1) is 0 Å². The lowest BCUT2D eigenvalue weighted by Crippen LogP contribution is -2.42. The zero-order valence-electron chi connectivity index (χ0n) is 11.4. The van der Waals surface area contributed by atoms with Gasteiger partial charge in [0.25, 0.3) is 0 Å². The molecule has 0 aliphatic carbocycles. The number of nitrogens with zero attached hydrogens (tertiary/aromatic N) is 1. The Morgan fingerprint density at radius 3 is 2.95 bits per heavy atom. The van der Waals surface area contributed by atoms with Crippen molar-refractivity contribution in [1.29, 1.82) is 0 Å². The highest BCUT2D eigenvalue weighted by atomic mass is 16.5. The molecule has 0 aromatic heterocycles. The van der Waals surface area contributed by atoms with Crippen LogP contribution in [0.4, 0.5) is 0 Å². The Balaban J connectivity index is 2.05. The largest absolute Gasteiger partial charge is 0.469 e. The van der Waals surface area contributed by atoms with Gasteiger partial charge in [-0.3, -0.25) is 9.59 Å². The zero-order valence-corrected chi connectivity index (χ0v) is 11.4. The van der Waals surface area contributed by atoms with Crippen LogP contribution in [0.15, 0.2) is 24.3 Å². The van der Waals surface area contributed by atoms with Gasteiger partial charge in [-0.25, -0.2) is 0 Å². The second-order valence-electron chi connectivity index (χ2n) is 5.02. The normalized spacial score (nSPS) is 19.4. The van der Waals surface area contributed by atoms with Crippen molar-refractivity contribution in [2.45, 2.75) is 26.3 Å². The van der Waals surface area contributed by atoms with Gasteiger partial charge < -0.3 is 9.64 Å². The number of carbonyl (C=O) groups is 2. The quantitative estimate of drug-likeness (QED) is 0.781. The van der Waals surface area contributed by atoms with E-state index in [0.29, 0.717) is 25.9 Å². The summed E-state index contributed by atoms with van der Waals surface area (Å²) in [5.41, 5.74) is 2.27. The number of hydrogen-bond donors (Lipinski definition) is 0. The van der Waals surface area contributed by atoms with Gasteiger partial charge >= 0.3 is 5.97 Å². The first-order valence-electron chi connectivity index (χ1n) is 6.51. The molecule has 0 bridgehead atoms. The first-order chi connectivity index (χ1) is 9.10. The van der Waals surface area contributed by atoms with Crippen LogP contribution in [0.5, 0.6) is 0 Å². The highest BCUT2D eigenvalue weighted by molar-refractivity contribution is 5.81. The lowest BCUT2D eigenvalue weighted by atomic mass is 9.97. The number of likely N-dealkylation sites (tertiary alicyclic amines) is 1. The maximum atomic E-state index is 11.9. The first kappa shape index (κ1) is 13.6. The van der Waals surface area contributed by atoms with Gasteiger partial charge in [0.1, 0.15) is 0 Å². The molecule has 1 aromatic carbocycles. The molecule has 1 fully saturated rings. The Labute approximate surface area is 113 Å². The molecule has 1 aliphatic rings. The minimum absolute atomic E-state index is 0.113. The Bertz CT molecular complexity index is 484. The highest BCUT2D eigenvalue weighted by Crippen LogP contribution is 2.21. The van der Waals surface area contributed by atoms with Gasteiger partial charge in [0, 0.05) is 19.5 Å². The van der Waals surface area contributed by atoms with E-state index in [2.05, 4.69) is 6.07 Å². The molecule has 1 amide bonds. The number of hydrogen-bond acceptors (Lipinski definition) is 3. The second kappa shape index (κ2) is 5.87. The van der Waals surface area contributed by atoms with E-state index < -0.39 is 0 Å². The molecule has 4 nitrogen and oxygen atoms in total. The summed E-state index contributed by atoms with van der Waals surface area (Å²) >= 11 is 0. The van der Waals surface area contributed by atoms with Crippen LogP contribution < -0.4 is 0 Å². The fraction of sp³-hybridized carbons (Fsp3) is 0.467. The van der Waals surface area contributed by atoms with E-state index in [1.807, 2.05) is 25.1 Å². The number of esters is 1. The third-order valence-corrected chi connectivity index (χ3v) is 3.49. The molecule has 1 unspecified atom stereocenters. The third-order valence-electron chi connectivity index (χ3n) is 3.49. The molecule has 4 heteroatoms. The Kier molecular flexibility index (Phi) is 4.20. The Morgan fingerprint density at radius 2 is 2.26 bits per heavy atom. The topological polar surface area (TPSA) is 46.6 Å². The van der Waals surface area contributed by atoms with Crippen molar-refractivity contribution in [1.82, 2.24) is 4.90 Å². The molecule has 0 saturated carbocycles. The zero-order chi connectivity index (χ0) is 13.8. The van der Waals surface area contributed by atoms with E-state index in [1.54, 1.807) is 4.90 Å². The average Bonchev–Trinajstić information content (AvgIpc) is 2.40. The van der Waals surface area contributed by atoms with Crippen LogP contribution >= 0.6 is 0 Å². The van der Waals surface area contributed by atoms with Crippen molar-refractivity contribution in [2.75, 3.05) is 13.7 Å². The molecule has 1 heterocycles. The van der Waals surface area contributed by atoms with E-state index in [4.69, 9.17) is 4.74 Å². The number of piperidine rings is 1. The molecule has 102 valence electrons. The second-order valence-corrected chi connectivity index (χ2v) is 5.02. The van der Waals surface area contributed by atoms with Crippen molar-refractivity contribution in [2.24, 2.45) is 5.92 Å². The van der Waals surface area contributed by atoms with Gasteiger partial charge in [0.05, 0.1) is 13.0 Å². The molecular weight excluding hydrogens is 242 g/mol. The van der Waals surface area contributed by atoms with Crippen molar-refractivity contribution < 1.29 is 14.3 Å². The summed E-state index contributed by atoms with van der Waals surface area (Å²) in [5.74, 6) is -0.295. The summed E-state index contributed by atoms with van der Waals surface area (Å²) in [6.07, 6.45) is 1.02. The van der Waals surface area contributed by atoms with Crippen LogP contribution in [0, 0.1) is 12.8 Å². The number of methoxy groups -OCH3 is 1. The number of aryl methyl sites for hydroxylation is 1. The molecule has 1 aromatic rings.